The highest BCUT2D eigenvalue weighted by atomic mass is 16.3. The van der Waals surface area contributed by atoms with Crippen LogP contribution in [0.1, 0.15) is 19.3 Å². The van der Waals surface area contributed by atoms with Gasteiger partial charge in [0.05, 0.1) is 0 Å². The van der Waals surface area contributed by atoms with E-state index in [2.05, 4.69) is 4.90 Å². The van der Waals surface area contributed by atoms with Gasteiger partial charge in [-0.25, -0.2) is 0 Å². The van der Waals surface area contributed by atoms with Crippen molar-refractivity contribution in [3.63, 3.8) is 0 Å². The van der Waals surface area contributed by atoms with Crippen LogP contribution < -0.4 is 0 Å². The molecule has 1 aliphatic heterocycles. The van der Waals surface area contributed by atoms with E-state index in [4.69, 9.17) is 5.11 Å². The molecule has 1 saturated heterocycles. The number of hydrogen-bond donors (Lipinski definition) is 1. The molecule has 0 bridgehead atoms. The van der Waals surface area contributed by atoms with Gasteiger partial charge in [-0.05, 0) is 31.7 Å². The predicted octanol–water partition coefficient (Wildman–Crippen LogP) is 0.463. The molecule has 1 saturated carbocycles. The number of likely N-dealkylation sites (tertiary alicyclic amines) is 1. The second kappa shape index (κ2) is 2.51. The van der Waals surface area contributed by atoms with Gasteiger partial charge in [0.15, 0.2) is 0 Å². The highest BCUT2D eigenvalue weighted by molar-refractivity contribution is 4.89. The van der Waals surface area contributed by atoms with E-state index in [0.29, 0.717) is 12.5 Å². The summed E-state index contributed by atoms with van der Waals surface area (Å²) in [7, 11) is 0. The Morgan fingerprint density at radius 2 is 2.10 bits per heavy atom. The fraction of sp³-hybridized carbons (Fsp3) is 1.00. The molecule has 0 aromatic rings. The first kappa shape index (κ1) is 6.62. The van der Waals surface area contributed by atoms with Crippen LogP contribution >= 0.6 is 0 Å². The molecule has 58 valence electrons. The second-order valence-corrected chi connectivity index (χ2v) is 3.56. The largest absolute Gasteiger partial charge is 0.396 e. The number of rotatable bonds is 2. The fourth-order valence-corrected chi connectivity index (χ4v) is 1.78. The van der Waals surface area contributed by atoms with Crippen LogP contribution in [0.2, 0.25) is 0 Å². The monoisotopic (exact) mass is 141 g/mol. The molecule has 2 heteroatoms. The van der Waals surface area contributed by atoms with Gasteiger partial charge in [-0.1, -0.05) is 0 Å². The molecule has 1 unspecified atom stereocenters. The lowest BCUT2D eigenvalue weighted by atomic mass is 10.1. The van der Waals surface area contributed by atoms with Crippen LogP contribution in [0.5, 0.6) is 0 Å². The summed E-state index contributed by atoms with van der Waals surface area (Å²) in [6, 6.07) is 0.900. The van der Waals surface area contributed by atoms with Gasteiger partial charge in [-0.3, -0.25) is 0 Å². The van der Waals surface area contributed by atoms with Crippen molar-refractivity contribution in [2.75, 3.05) is 19.7 Å². The third kappa shape index (κ3) is 1.18. The molecule has 2 aliphatic rings. The van der Waals surface area contributed by atoms with E-state index in [0.717, 1.165) is 12.6 Å². The minimum Gasteiger partial charge on any atom is -0.396 e. The van der Waals surface area contributed by atoms with E-state index in [9.17, 15) is 0 Å². The van der Waals surface area contributed by atoms with Crippen molar-refractivity contribution in [1.82, 2.24) is 4.90 Å². The third-order valence-corrected chi connectivity index (χ3v) is 2.64. The lowest BCUT2D eigenvalue weighted by molar-refractivity contribution is 0.220. The van der Waals surface area contributed by atoms with Crippen molar-refractivity contribution in [3.05, 3.63) is 0 Å². The van der Waals surface area contributed by atoms with Crippen LogP contribution in [0.25, 0.3) is 0 Å². The first-order valence-electron chi connectivity index (χ1n) is 4.25. The molecule has 1 aliphatic carbocycles. The zero-order valence-corrected chi connectivity index (χ0v) is 6.29. The smallest absolute Gasteiger partial charge is 0.0471 e. The summed E-state index contributed by atoms with van der Waals surface area (Å²) in [5.41, 5.74) is 0. The molecule has 1 N–H and O–H groups in total. The first-order chi connectivity index (χ1) is 4.90. The van der Waals surface area contributed by atoms with Crippen molar-refractivity contribution in [2.45, 2.75) is 25.3 Å². The molecule has 1 heterocycles. The lowest BCUT2D eigenvalue weighted by Crippen LogP contribution is -2.23. The van der Waals surface area contributed by atoms with Crippen LogP contribution in [0.15, 0.2) is 0 Å². The molecule has 0 amide bonds. The zero-order valence-electron chi connectivity index (χ0n) is 6.29. The SMILES string of the molecule is OCC1CCN(C2CC2)C1. The van der Waals surface area contributed by atoms with E-state index in [-0.39, 0.29) is 0 Å². The third-order valence-electron chi connectivity index (χ3n) is 2.64. The Bertz CT molecular complexity index is 122. The summed E-state index contributed by atoms with van der Waals surface area (Å²) in [6.07, 6.45) is 4.02. The molecule has 0 radical (unpaired) electrons. The van der Waals surface area contributed by atoms with Gasteiger partial charge >= 0.3 is 0 Å². The lowest BCUT2D eigenvalue weighted by Gasteiger charge is -2.13. The Balaban J connectivity index is 1.81. The average molecular weight is 141 g/mol. The van der Waals surface area contributed by atoms with Crippen molar-refractivity contribution < 1.29 is 5.11 Å². The molecule has 0 aromatic carbocycles. The van der Waals surface area contributed by atoms with Crippen LogP contribution in [0.4, 0.5) is 0 Å². The zero-order chi connectivity index (χ0) is 6.97. The van der Waals surface area contributed by atoms with Gasteiger partial charge in [0.25, 0.3) is 0 Å². The van der Waals surface area contributed by atoms with Crippen molar-refractivity contribution in [3.8, 4) is 0 Å². The standard InChI is InChI=1S/C8H15NO/c10-6-7-3-4-9(5-7)8-1-2-8/h7-8,10H,1-6H2. The van der Waals surface area contributed by atoms with Crippen LogP contribution in [0.3, 0.4) is 0 Å². The molecule has 0 spiro atoms. The van der Waals surface area contributed by atoms with Crippen molar-refractivity contribution in [2.24, 2.45) is 5.92 Å². The van der Waals surface area contributed by atoms with E-state index >= 15 is 0 Å². The minimum atomic E-state index is 0.392. The maximum Gasteiger partial charge on any atom is 0.0471 e. The van der Waals surface area contributed by atoms with Gasteiger partial charge in [0, 0.05) is 19.2 Å². The quantitative estimate of drug-likeness (QED) is 0.604. The molecule has 0 aromatic heterocycles. The van der Waals surface area contributed by atoms with Gasteiger partial charge in [-0.2, -0.15) is 0 Å². The maximum atomic E-state index is 8.86. The normalized spacial score (nSPS) is 35.1. The first-order valence-corrected chi connectivity index (χ1v) is 4.25. The van der Waals surface area contributed by atoms with Crippen LogP contribution in [-0.2, 0) is 0 Å². The second-order valence-electron chi connectivity index (χ2n) is 3.56. The van der Waals surface area contributed by atoms with Crippen LogP contribution in [0, 0.1) is 5.92 Å². The van der Waals surface area contributed by atoms with E-state index in [1.165, 1.54) is 25.8 Å². The number of aliphatic hydroxyl groups is 1. The maximum absolute atomic E-state index is 8.86. The van der Waals surface area contributed by atoms with Gasteiger partial charge in [0.1, 0.15) is 0 Å². The molecular formula is C8H15NO. The highest BCUT2D eigenvalue weighted by Gasteiger charge is 2.33. The Hall–Kier alpha value is -0.0800. The van der Waals surface area contributed by atoms with Crippen LogP contribution in [-0.4, -0.2) is 35.7 Å². The number of aliphatic hydroxyl groups excluding tert-OH is 1. The van der Waals surface area contributed by atoms with Gasteiger partial charge in [0.2, 0.25) is 0 Å². The number of nitrogens with zero attached hydrogens (tertiary/aromatic N) is 1. The summed E-state index contributed by atoms with van der Waals surface area (Å²) in [5, 5.41) is 8.86. The summed E-state index contributed by atoms with van der Waals surface area (Å²) < 4.78 is 0. The average Bonchev–Trinajstić information content (AvgIpc) is 2.70. The molecule has 10 heavy (non-hydrogen) atoms. The molecular weight excluding hydrogens is 126 g/mol. The Morgan fingerprint density at radius 3 is 2.60 bits per heavy atom. The Kier molecular flexibility index (Phi) is 1.66. The number of hydrogen-bond acceptors (Lipinski definition) is 2. The molecule has 1 atom stereocenters. The summed E-state index contributed by atoms with van der Waals surface area (Å²) in [5.74, 6) is 0.584. The molecule has 2 rings (SSSR count). The van der Waals surface area contributed by atoms with Gasteiger partial charge < -0.3 is 10.0 Å². The van der Waals surface area contributed by atoms with E-state index in [1.54, 1.807) is 0 Å². The molecule has 2 nitrogen and oxygen atoms in total. The highest BCUT2D eigenvalue weighted by Crippen LogP contribution is 2.31. The van der Waals surface area contributed by atoms with Crippen molar-refractivity contribution >= 4 is 0 Å². The van der Waals surface area contributed by atoms with Crippen molar-refractivity contribution in [1.29, 1.82) is 0 Å². The Labute approximate surface area is 61.8 Å². The van der Waals surface area contributed by atoms with E-state index in [1.807, 2.05) is 0 Å². The van der Waals surface area contributed by atoms with E-state index < -0.39 is 0 Å². The van der Waals surface area contributed by atoms with Gasteiger partial charge in [-0.15, -0.1) is 0 Å². The molecule has 2 fully saturated rings. The Morgan fingerprint density at radius 1 is 1.30 bits per heavy atom. The summed E-state index contributed by atoms with van der Waals surface area (Å²) >= 11 is 0. The predicted molar refractivity (Wildman–Crippen MR) is 39.8 cm³/mol. The summed E-state index contributed by atoms with van der Waals surface area (Å²) in [6.45, 7) is 2.78. The fourth-order valence-electron chi connectivity index (χ4n) is 1.78. The topological polar surface area (TPSA) is 23.5 Å². The summed E-state index contributed by atoms with van der Waals surface area (Å²) in [4.78, 5) is 2.53. The minimum absolute atomic E-state index is 0.392.